The number of rotatable bonds is 8. The fourth-order valence-corrected chi connectivity index (χ4v) is 4.06. The zero-order chi connectivity index (χ0) is 20.9. The summed E-state index contributed by atoms with van der Waals surface area (Å²) in [6.07, 6.45) is 6.06. The first kappa shape index (κ1) is 20.1. The van der Waals surface area contributed by atoms with Crippen LogP contribution in [0.2, 0.25) is 0 Å². The zero-order valence-corrected chi connectivity index (χ0v) is 17.7. The second kappa shape index (κ2) is 9.09. The molecule has 30 heavy (non-hydrogen) atoms. The van der Waals surface area contributed by atoms with Crippen molar-refractivity contribution < 1.29 is 9.21 Å². The summed E-state index contributed by atoms with van der Waals surface area (Å²) in [5.41, 5.74) is 2.78. The Hall–Kier alpha value is -3.19. The number of furan rings is 1. The van der Waals surface area contributed by atoms with E-state index in [4.69, 9.17) is 4.42 Å². The highest BCUT2D eigenvalue weighted by Crippen LogP contribution is 2.29. The van der Waals surface area contributed by atoms with Crippen molar-refractivity contribution in [3.63, 3.8) is 0 Å². The van der Waals surface area contributed by atoms with Gasteiger partial charge in [-0.25, -0.2) is 0 Å². The van der Waals surface area contributed by atoms with Gasteiger partial charge in [-0.15, -0.1) is 10.2 Å². The van der Waals surface area contributed by atoms with Gasteiger partial charge in [0.05, 0.1) is 18.1 Å². The summed E-state index contributed by atoms with van der Waals surface area (Å²) >= 11 is 1.40. The first-order chi connectivity index (χ1) is 14.7. The minimum Gasteiger partial charge on any atom is -0.467 e. The lowest BCUT2D eigenvalue weighted by Crippen LogP contribution is -2.15. The van der Waals surface area contributed by atoms with Crippen LogP contribution in [0, 0.1) is 0 Å². The Morgan fingerprint density at radius 3 is 2.63 bits per heavy atom. The smallest absolute Gasteiger partial charge is 0.192 e. The summed E-state index contributed by atoms with van der Waals surface area (Å²) in [5, 5.41) is 9.10. The molecule has 4 rings (SSSR count). The van der Waals surface area contributed by atoms with E-state index >= 15 is 0 Å². The highest BCUT2D eigenvalue weighted by Gasteiger charge is 2.22. The van der Waals surface area contributed by atoms with Crippen molar-refractivity contribution in [2.45, 2.75) is 37.2 Å². The summed E-state index contributed by atoms with van der Waals surface area (Å²) in [4.78, 5) is 17.1. The molecule has 0 spiro atoms. The Morgan fingerprint density at radius 2 is 1.97 bits per heavy atom. The summed E-state index contributed by atoms with van der Waals surface area (Å²) in [6.45, 7) is 4.47. The van der Waals surface area contributed by atoms with E-state index in [0.29, 0.717) is 23.1 Å². The lowest BCUT2D eigenvalue weighted by Gasteiger charge is -2.12. The van der Waals surface area contributed by atoms with Crippen LogP contribution >= 0.6 is 11.8 Å². The molecule has 0 fully saturated rings. The number of carbonyl (C=O) groups excluding carboxylic acids is 1. The van der Waals surface area contributed by atoms with Crippen LogP contribution < -0.4 is 0 Å². The number of hydrogen-bond acceptors (Lipinski definition) is 6. The van der Waals surface area contributed by atoms with Gasteiger partial charge in [0.2, 0.25) is 0 Å². The second-order valence-corrected chi connectivity index (χ2v) is 8.20. The molecule has 1 aromatic carbocycles. The molecule has 3 aromatic heterocycles. The number of benzene rings is 1. The summed E-state index contributed by atoms with van der Waals surface area (Å²) in [7, 11) is 0. The highest BCUT2D eigenvalue weighted by molar-refractivity contribution is 8.00. The predicted octanol–water partition coefficient (Wildman–Crippen LogP) is 4.91. The molecule has 0 aliphatic carbocycles. The number of Topliss-reactive ketones (excluding diaryl/α,β-unsaturated/α-hetero) is 1. The lowest BCUT2D eigenvalue weighted by atomic mass is 10.1. The van der Waals surface area contributed by atoms with E-state index in [9.17, 15) is 4.79 Å². The number of hydrogen-bond donors (Lipinski definition) is 0. The molecule has 7 heteroatoms. The topological polar surface area (TPSA) is 73.8 Å². The van der Waals surface area contributed by atoms with Gasteiger partial charge < -0.3 is 4.42 Å². The van der Waals surface area contributed by atoms with Gasteiger partial charge in [0.1, 0.15) is 5.76 Å². The molecule has 0 aliphatic rings. The molecular weight excluding hydrogens is 396 g/mol. The maximum atomic E-state index is 12.9. The molecule has 0 aliphatic heterocycles. The van der Waals surface area contributed by atoms with Gasteiger partial charge in [0.25, 0.3) is 0 Å². The van der Waals surface area contributed by atoms with E-state index in [1.165, 1.54) is 17.3 Å². The first-order valence-electron chi connectivity index (χ1n) is 9.81. The SMILES string of the molecule is CCc1ccc(C(=O)[C@@H](C)Sc2nnc(-c3cccnc3)n2Cc2ccco2)cc1. The van der Waals surface area contributed by atoms with Crippen LogP contribution in [0.3, 0.4) is 0 Å². The van der Waals surface area contributed by atoms with Crippen molar-refractivity contribution in [3.8, 4) is 11.4 Å². The maximum Gasteiger partial charge on any atom is 0.192 e. The van der Waals surface area contributed by atoms with Crippen LogP contribution in [0.4, 0.5) is 0 Å². The fourth-order valence-electron chi connectivity index (χ4n) is 3.14. The minimum absolute atomic E-state index is 0.0677. The average molecular weight is 419 g/mol. The molecule has 0 bridgehead atoms. The number of pyridine rings is 1. The molecule has 152 valence electrons. The number of aryl methyl sites for hydroxylation is 1. The molecule has 1 atom stereocenters. The molecular formula is C23H22N4O2S. The van der Waals surface area contributed by atoms with Crippen LogP contribution in [-0.2, 0) is 13.0 Å². The fraction of sp³-hybridized carbons (Fsp3) is 0.217. The van der Waals surface area contributed by atoms with Gasteiger partial charge in [-0.1, -0.05) is 43.0 Å². The van der Waals surface area contributed by atoms with Crippen LogP contribution in [0.15, 0.2) is 76.8 Å². The van der Waals surface area contributed by atoms with Gasteiger partial charge in [-0.2, -0.15) is 0 Å². The lowest BCUT2D eigenvalue weighted by molar-refractivity contribution is 0.0994. The van der Waals surface area contributed by atoms with Gasteiger partial charge in [-0.3, -0.25) is 14.3 Å². The van der Waals surface area contributed by atoms with Crippen molar-refractivity contribution >= 4 is 17.5 Å². The summed E-state index contributed by atoms with van der Waals surface area (Å²) in [6, 6.07) is 15.4. The van der Waals surface area contributed by atoms with Crippen molar-refractivity contribution in [2.24, 2.45) is 0 Å². The van der Waals surface area contributed by atoms with Crippen molar-refractivity contribution in [1.29, 1.82) is 0 Å². The number of nitrogens with zero attached hydrogens (tertiary/aromatic N) is 4. The average Bonchev–Trinajstić information content (AvgIpc) is 3.44. The molecule has 0 saturated carbocycles. The Bertz CT molecular complexity index is 1110. The van der Waals surface area contributed by atoms with E-state index in [1.54, 1.807) is 18.7 Å². The number of aromatic nitrogens is 4. The van der Waals surface area contributed by atoms with Crippen molar-refractivity contribution in [2.75, 3.05) is 0 Å². The van der Waals surface area contributed by atoms with Gasteiger partial charge in [0.15, 0.2) is 16.8 Å². The predicted molar refractivity (Wildman–Crippen MR) is 117 cm³/mol. The minimum atomic E-state index is -0.307. The van der Waals surface area contributed by atoms with Gasteiger partial charge in [0, 0.05) is 23.5 Å². The third-order valence-corrected chi connectivity index (χ3v) is 5.91. The zero-order valence-electron chi connectivity index (χ0n) is 16.9. The van der Waals surface area contributed by atoms with E-state index in [1.807, 2.05) is 60.0 Å². The molecule has 0 unspecified atom stereocenters. The van der Waals surface area contributed by atoms with Gasteiger partial charge in [-0.05, 0) is 43.2 Å². The molecule has 0 amide bonds. The third kappa shape index (κ3) is 4.36. The molecule has 0 saturated heterocycles. The van der Waals surface area contributed by atoms with Crippen LogP contribution in [0.1, 0.15) is 35.5 Å². The van der Waals surface area contributed by atoms with E-state index < -0.39 is 0 Å². The molecule has 0 radical (unpaired) electrons. The summed E-state index contributed by atoms with van der Waals surface area (Å²) in [5.74, 6) is 1.54. The molecule has 4 aromatic rings. The maximum absolute atomic E-state index is 12.9. The van der Waals surface area contributed by atoms with Crippen molar-refractivity contribution in [3.05, 3.63) is 84.1 Å². The number of carbonyl (C=O) groups is 1. The summed E-state index contributed by atoms with van der Waals surface area (Å²) < 4.78 is 7.49. The van der Waals surface area contributed by atoms with E-state index in [2.05, 4.69) is 22.1 Å². The second-order valence-electron chi connectivity index (χ2n) is 6.89. The molecule has 3 heterocycles. The quantitative estimate of drug-likeness (QED) is 0.299. The van der Waals surface area contributed by atoms with E-state index in [0.717, 1.165) is 17.7 Å². The normalized spacial score (nSPS) is 12.1. The Kier molecular flexibility index (Phi) is 6.09. The standard InChI is InChI=1S/C23H22N4O2S/c1-3-17-8-10-18(11-9-17)21(28)16(2)30-23-26-25-22(19-6-4-12-24-14-19)27(23)15-20-7-5-13-29-20/h4-14,16H,3,15H2,1-2H3/t16-/m1/s1. The van der Waals surface area contributed by atoms with E-state index in [-0.39, 0.29) is 11.0 Å². The van der Waals surface area contributed by atoms with Crippen LogP contribution in [0.25, 0.3) is 11.4 Å². The van der Waals surface area contributed by atoms with Crippen LogP contribution in [0.5, 0.6) is 0 Å². The molecule has 6 nitrogen and oxygen atoms in total. The Morgan fingerprint density at radius 1 is 1.13 bits per heavy atom. The van der Waals surface area contributed by atoms with Crippen molar-refractivity contribution in [1.82, 2.24) is 19.7 Å². The highest BCUT2D eigenvalue weighted by atomic mass is 32.2. The number of thioether (sulfide) groups is 1. The number of ketones is 1. The van der Waals surface area contributed by atoms with Crippen LogP contribution in [-0.4, -0.2) is 30.8 Å². The Labute approximate surface area is 179 Å². The molecule has 0 N–H and O–H groups in total. The largest absolute Gasteiger partial charge is 0.467 e. The Balaban J connectivity index is 1.61. The monoisotopic (exact) mass is 418 g/mol. The van der Waals surface area contributed by atoms with Gasteiger partial charge >= 0.3 is 0 Å². The third-order valence-electron chi connectivity index (χ3n) is 4.83. The first-order valence-corrected chi connectivity index (χ1v) is 10.7.